The van der Waals surface area contributed by atoms with Crippen molar-refractivity contribution in [2.75, 3.05) is 38.6 Å². The molecule has 1 unspecified atom stereocenters. The molecule has 0 spiro atoms. The highest BCUT2D eigenvalue weighted by Gasteiger charge is 2.27. The molecule has 0 bridgehead atoms. The molecule has 0 saturated carbocycles. The summed E-state index contributed by atoms with van der Waals surface area (Å²) in [6.45, 7) is 2.75. The van der Waals surface area contributed by atoms with E-state index in [0.717, 1.165) is 30.9 Å². The molecule has 1 aliphatic rings. The first-order valence-electron chi connectivity index (χ1n) is 8.30. The summed E-state index contributed by atoms with van der Waals surface area (Å²) in [6.07, 6.45) is 0. The van der Waals surface area contributed by atoms with Gasteiger partial charge in [-0.05, 0) is 24.3 Å². The van der Waals surface area contributed by atoms with E-state index in [1.54, 1.807) is 19.2 Å². The Hall–Kier alpha value is -1.79. The molecule has 0 aromatic heterocycles. The first-order valence-corrected chi connectivity index (χ1v) is 8.68. The zero-order valence-electron chi connectivity index (χ0n) is 14.6. The Labute approximate surface area is 165 Å². The van der Waals surface area contributed by atoms with Gasteiger partial charge in [0, 0.05) is 35.9 Å². The van der Waals surface area contributed by atoms with Gasteiger partial charge in [0.1, 0.15) is 5.75 Å². The van der Waals surface area contributed by atoms with Crippen LogP contribution in [0.2, 0.25) is 5.02 Å². The van der Waals surface area contributed by atoms with Crippen LogP contribution in [-0.4, -0.2) is 44.1 Å². The molecule has 140 valence electrons. The number of benzene rings is 2. The highest BCUT2D eigenvalue weighted by molar-refractivity contribution is 6.30. The van der Waals surface area contributed by atoms with Gasteiger partial charge >= 0.3 is 0 Å². The van der Waals surface area contributed by atoms with Crippen LogP contribution >= 0.6 is 24.0 Å². The van der Waals surface area contributed by atoms with Gasteiger partial charge in [0.25, 0.3) is 0 Å². The fourth-order valence-electron chi connectivity index (χ4n) is 3.14. The van der Waals surface area contributed by atoms with E-state index in [2.05, 4.69) is 21.6 Å². The van der Waals surface area contributed by atoms with Crippen molar-refractivity contribution in [2.45, 2.75) is 6.04 Å². The van der Waals surface area contributed by atoms with Gasteiger partial charge in [0.15, 0.2) is 0 Å². The molecule has 5 nitrogen and oxygen atoms in total. The van der Waals surface area contributed by atoms with E-state index in [1.807, 2.05) is 30.3 Å². The monoisotopic (exact) mass is 395 g/mol. The molecule has 7 heteroatoms. The number of nitrogens with zero attached hydrogens (tertiary/aromatic N) is 1. The Bertz CT molecular complexity index is 742. The lowest BCUT2D eigenvalue weighted by atomic mass is 10.0. The van der Waals surface area contributed by atoms with Crippen LogP contribution in [0.4, 0.5) is 5.69 Å². The smallest absolute Gasteiger partial charge is 0.238 e. The number of carbonyl (C=O) groups is 1. The van der Waals surface area contributed by atoms with E-state index in [-0.39, 0.29) is 24.4 Å². The normalized spacial score (nSPS) is 17.2. The van der Waals surface area contributed by atoms with Gasteiger partial charge in [-0.3, -0.25) is 9.69 Å². The number of piperazine rings is 1. The molecule has 1 aliphatic heterocycles. The van der Waals surface area contributed by atoms with Gasteiger partial charge in [-0.2, -0.15) is 0 Å². The van der Waals surface area contributed by atoms with Crippen LogP contribution in [0.5, 0.6) is 5.75 Å². The number of amides is 1. The quantitative estimate of drug-likeness (QED) is 0.814. The predicted octanol–water partition coefficient (Wildman–Crippen LogP) is 3.36. The lowest BCUT2D eigenvalue weighted by molar-refractivity contribution is -0.118. The molecule has 0 radical (unpaired) electrons. The van der Waals surface area contributed by atoms with Crippen molar-refractivity contribution < 1.29 is 9.53 Å². The largest absolute Gasteiger partial charge is 0.496 e. The number of methoxy groups -OCH3 is 1. The summed E-state index contributed by atoms with van der Waals surface area (Å²) in [5.41, 5.74) is 1.80. The Kier molecular flexibility index (Phi) is 7.72. The van der Waals surface area contributed by atoms with Crippen molar-refractivity contribution >= 4 is 35.6 Å². The molecule has 2 aromatic carbocycles. The van der Waals surface area contributed by atoms with Crippen LogP contribution in [0.1, 0.15) is 11.6 Å². The average molecular weight is 396 g/mol. The number of nitrogens with one attached hydrogen (secondary N) is 2. The van der Waals surface area contributed by atoms with E-state index in [4.69, 9.17) is 16.3 Å². The first kappa shape index (κ1) is 20.5. The predicted molar refractivity (Wildman–Crippen MR) is 108 cm³/mol. The van der Waals surface area contributed by atoms with Crippen molar-refractivity contribution in [3.63, 3.8) is 0 Å². The minimum absolute atomic E-state index is 0. The second-order valence-electron chi connectivity index (χ2n) is 5.99. The van der Waals surface area contributed by atoms with Gasteiger partial charge in [0.2, 0.25) is 5.91 Å². The minimum atomic E-state index is -0.0518. The minimum Gasteiger partial charge on any atom is -0.496 e. The molecule has 1 amide bonds. The fourth-order valence-corrected chi connectivity index (χ4v) is 3.33. The van der Waals surface area contributed by atoms with E-state index in [0.29, 0.717) is 17.3 Å². The lowest BCUT2D eigenvalue weighted by Crippen LogP contribution is -2.48. The summed E-state index contributed by atoms with van der Waals surface area (Å²) >= 11 is 5.97. The molecular formula is C19H23Cl2N3O2. The van der Waals surface area contributed by atoms with Crippen LogP contribution in [0.15, 0.2) is 48.5 Å². The van der Waals surface area contributed by atoms with E-state index in [9.17, 15) is 4.79 Å². The van der Waals surface area contributed by atoms with Crippen molar-refractivity contribution in [1.29, 1.82) is 0 Å². The van der Waals surface area contributed by atoms with Crippen LogP contribution in [0.25, 0.3) is 0 Å². The molecule has 26 heavy (non-hydrogen) atoms. The van der Waals surface area contributed by atoms with Crippen LogP contribution < -0.4 is 15.4 Å². The third-order valence-electron chi connectivity index (χ3n) is 4.31. The third-order valence-corrected chi connectivity index (χ3v) is 4.54. The molecule has 1 atom stereocenters. The number of rotatable bonds is 5. The Morgan fingerprint density at radius 2 is 2.12 bits per heavy atom. The maximum atomic E-state index is 12.5. The van der Waals surface area contributed by atoms with Crippen LogP contribution in [0.3, 0.4) is 0 Å². The molecule has 1 heterocycles. The second-order valence-corrected chi connectivity index (χ2v) is 6.43. The molecule has 2 aromatic rings. The SMILES string of the molecule is COc1ccccc1C1CNCCN1CC(=O)Nc1cccc(Cl)c1.Cl. The zero-order valence-corrected chi connectivity index (χ0v) is 16.1. The van der Waals surface area contributed by atoms with Crippen LogP contribution in [-0.2, 0) is 4.79 Å². The van der Waals surface area contributed by atoms with E-state index >= 15 is 0 Å². The second kappa shape index (κ2) is 9.78. The molecule has 1 fully saturated rings. The number of hydrogen-bond acceptors (Lipinski definition) is 4. The molecule has 1 saturated heterocycles. The topological polar surface area (TPSA) is 53.6 Å². The molecular weight excluding hydrogens is 373 g/mol. The number of carbonyl (C=O) groups excluding carboxylic acids is 1. The van der Waals surface area contributed by atoms with Gasteiger partial charge in [-0.15, -0.1) is 12.4 Å². The highest BCUT2D eigenvalue weighted by Crippen LogP contribution is 2.30. The number of anilines is 1. The summed E-state index contributed by atoms with van der Waals surface area (Å²) < 4.78 is 5.49. The van der Waals surface area contributed by atoms with Crippen molar-refractivity contribution in [3.8, 4) is 5.75 Å². The standard InChI is InChI=1S/C19H22ClN3O2.ClH/c1-25-18-8-3-2-7-16(18)17-12-21-9-10-23(17)13-19(24)22-15-6-4-5-14(20)11-15;/h2-8,11,17,21H,9-10,12-13H2,1H3,(H,22,24);1H. The maximum absolute atomic E-state index is 12.5. The maximum Gasteiger partial charge on any atom is 0.238 e. The molecule has 0 aliphatic carbocycles. The number of para-hydroxylation sites is 1. The van der Waals surface area contributed by atoms with Crippen molar-refractivity contribution in [1.82, 2.24) is 10.2 Å². The Morgan fingerprint density at radius 1 is 1.31 bits per heavy atom. The van der Waals surface area contributed by atoms with E-state index < -0.39 is 0 Å². The van der Waals surface area contributed by atoms with Crippen molar-refractivity contribution in [3.05, 3.63) is 59.1 Å². The summed E-state index contributed by atoms with van der Waals surface area (Å²) in [6, 6.07) is 15.2. The van der Waals surface area contributed by atoms with Crippen LogP contribution in [0, 0.1) is 0 Å². The summed E-state index contributed by atoms with van der Waals surface area (Å²) in [5.74, 6) is 0.792. The summed E-state index contributed by atoms with van der Waals surface area (Å²) in [4.78, 5) is 14.7. The highest BCUT2D eigenvalue weighted by atomic mass is 35.5. The summed E-state index contributed by atoms with van der Waals surface area (Å²) in [7, 11) is 1.67. The van der Waals surface area contributed by atoms with E-state index in [1.165, 1.54) is 0 Å². The van der Waals surface area contributed by atoms with Gasteiger partial charge in [-0.25, -0.2) is 0 Å². The number of halogens is 2. The Morgan fingerprint density at radius 3 is 2.88 bits per heavy atom. The average Bonchev–Trinajstić information content (AvgIpc) is 2.62. The number of ether oxygens (including phenoxy) is 1. The molecule has 3 rings (SSSR count). The van der Waals surface area contributed by atoms with Gasteiger partial charge in [0.05, 0.1) is 19.7 Å². The van der Waals surface area contributed by atoms with Crippen molar-refractivity contribution in [2.24, 2.45) is 0 Å². The first-order chi connectivity index (χ1) is 12.2. The molecule has 2 N–H and O–H groups in total. The third kappa shape index (κ3) is 5.11. The fraction of sp³-hybridized carbons (Fsp3) is 0.316. The zero-order chi connectivity index (χ0) is 17.6. The lowest BCUT2D eigenvalue weighted by Gasteiger charge is -2.36. The van der Waals surface area contributed by atoms with Gasteiger partial charge in [-0.1, -0.05) is 35.9 Å². The Balaban J connectivity index is 0.00000243. The number of hydrogen-bond donors (Lipinski definition) is 2. The van der Waals surface area contributed by atoms with Gasteiger partial charge < -0.3 is 15.4 Å². The summed E-state index contributed by atoms with van der Waals surface area (Å²) in [5, 5.41) is 6.92.